The predicted octanol–water partition coefficient (Wildman–Crippen LogP) is 4.01. The second kappa shape index (κ2) is 6.29. The summed E-state index contributed by atoms with van der Waals surface area (Å²) in [7, 11) is 0. The van der Waals surface area contributed by atoms with Crippen LogP contribution in [-0.2, 0) is 17.1 Å². The molecule has 0 fully saturated rings. The van der Waals surface area contributed by atoms with Gasteiger partial charge in [0.05, 0.1) is 11.0 Å². The van der Waals surface area contributed by atoms with E-state index < -0.39 is 0 Å². The van der Waals surface area contributed by atoms with Crippen molar-refractivity contribution in [3.63, 3.8) is 0 Å². The number of nitrogens with zero attached hydrogens (tertiary/aromatic N) is 2. The molecule has 0 amide bonds. The van der Waals surface area contributed by atoms with Gasteiger partial charge >= 0.3 is 0 Å². The number of rotatable bonds is 2. The molecule has 112 valence electrons. The molecule has 0 spiro atoms. The smallest absolute Gasteiger partial charge is 0.211 e. The van der Waals surface area contributed by atoms with Gasteiger partial charge in [-0.05, 0) is 12.1 Å². The maximum absolute atomic E-state index is 12.5. The van der Waals surface area contributed by atoms with Gasteiger partial charge in [0.25, 0.3) is 0 Å². The summed E-state index contributed by atoms with van der Waals surface area (Å²) in [6.45, 7) is 0. The summed E-state index contributed by atoms with van der Waals surface area (Å²) in [6.07, 6.45) is 1.75. The van der Waals surface area contributed by atoms with Crippen molar-refractivity contribution in [1.29, 1.82) is 0 Å². The van der Waals surface area contributed by atoms with Crippen molar-refractivity contribution in [2.24, 2.45) is 0 Å². The van der Waals surface area contributed by atoms with Gasteiger partial charge in [-0.3, -0.25) is 9.78 Å². The number of hydrogen-bond donors (Lipinski definition) is 0. The molecule has 2 aromatic heterocycles. The van der Waals surface area contributed by atoms with Crippen LogP contribution >= 0.6 is 0 Å². The Balaban J connectivity index is 0.00000156. The molecule has 3 nitrogen and oxygen atoms in total. The van der Waals surface area contributed by atoms with Gasteiger partial charge in [-0.25, -0.2) is 4.98 Å². The first-order valence-corrected chi connectivity index (χ1v) is 7.07. The van der Waals surface area contributed by atoms with Gasteiger partial charge in [0.15, 0.2) is 0 Å². The molecule has 0 saturated carbocycles. The fraction of sp³-hybridized carbons (Fsp3) is 0. The van der Waals surface area contributed by atoms with Crippen LogP contribution in [0.5, 0.6) is 0 Å². The largest absolute Gasteiger partial charge is 0.287 e. The van der Waals surface area contributed by atoms with Crippen molar-refractivity contribution in [1.82, 2.24) is 9.97 Å². The Bertz CT molecular complexity index is 1000. The Labute approximate surface area is 143 Å². The number of ketones is 1. The topological polar surface area (TPSA) is 42.9 Å². The first kappa shape index (κ1) is 15.3. The Morgan fingerprint density at radius 1 is 0.739 bits per heavy atom. The molecule has 2 aromatic carbocycles. The number of hydrogen-bond acceptors (Lipinski definition) is 3. The van der Waals surface area contributed by atoms with Crippen molar-refractivity contribution in [2.75, 3.05) is 0 Å². The number of fused-ring (bicyclic) bond motifs is 3. The molecule has 0 unspecified atom stereocenters. The Morgan fingerprint density at radius 2 is 1.43 bits per heavy atom. The molecule has 23 heavy (non-hydrogen) atoms. The SMILES string of the molecule is O=C(c1ccccc1)c1ccc2ccc3cccnc3c2n1.[Fe]. The molecule has 0 N–H and O–H groups in total. The van der Waals surface area contributed by atoms with Crippen LogP contribution in [0.15, 0.2) is 72.9 Å². The number of carbonyl (C=O) groups excluding carboxylic acids is 1. The minimum absolute atomic E-state index is 0. The summed E-state index contributed by atoms with van der Waals surface area (Å²) in [5.41, 5.74) is 2.67. The molecule has 4 aromatic rings. The Morgan fingerprint density at radius 3 is 2.22 bits per heavy atom. The molecule has 4 rings (SSSR count). The van der Waals surface area contributed by atoms with Crippen LogP contribution in [-0.4, -0.2) is 15.8 Å². The summed E-state index contributed by atoms with van der Waals surface area (Å²) < 4.78 is 0. The third-order valence-electron chi connectivity index (χ3n) is 3.70. The zero-order chi connectivity index (χ0) is 14.9. The number of benzene rings is 2. The van der Waals surface area contributed by atoms with Crippen LogP contribution < -0.4 is 0 Å². The summed E-state index contributed by atoms with van der Waals surface area (Å²) in [4.78, 5) is 21.5. The maximum Gasteiger partial charge on any atom is 0.211 e. The van der Waals surface area contributed by atoms with Crippen LogP contribution in [0.1, 0.15) is 16.1 Å². The Hall–Kier alpha value is -2.55. The van der Waals surface area contributed by atoms with E-state index in [0.717, 1.165) is 21.8 Å². The third kappa shape index (κ3) is 2.74. The number of aromatic nitrogens is 2. The molecule has 0 aliphatic rings. The van der Waals surface area contributed by atoms with E-state index in [1.165, 1.54) is 0 Å². The monoisotopic (exact) mass is 340 g/mol. The predicted molar refractivity (Wildman–Crippen MR) is 86.9 cm³/mol. The van der Waals surface area contributed by atoms with E-state index in [2.05, 4.69) is 9.97 Å². The minimum Gasteiger partial charge on any atom is -0.287 e. The van der Waals surface area contributed by atoms with Gasteiger partial charge in [-0.2, -0.15) is 0 Å². The number of pyridine rings is 2. The molecular weight excluding hydrogens is 328 g/mol. The first-order chi connectivity index (χ1) is 10.8. The molecule has 0 aliphatic heterocycles. The van der Waals surface area contributed by atoms with E-state index in [4.69, 9.17) is 0 Å². The van der Waals surface area contributed by atoms with Crippen molar-refractivity contribution in [3.8, 4) is 0 Å². The molecule has 0 aliphatic carbocycles. The minimum atomic E-state index is -0.0737. The zero-order valence-corrected chi connectivity index (χ0v) is 13.2. The van der Waals surface area contributed by atoms with Gasteiger partial charge in [0.2, 0.25) is 5.78 Å². The van der Waals surface area contributed by atoms with Gasteiger partial charge in [0, 0.05) is 39.6 Å². The standard InChI is InChI=1S/C19H12N2O.Fe/c22-19(15-5-2-1-3-6-15)16-11-10-14-9-8-13-7-4-12-20-17(13)18(14)21-16;/h1-12H;. The summed E-state index contributed by atoms with van der Waals surface area (Å²) in [5, 5.41) is 2.00. The molecule has 0 bridgehead atoms. The molecule has 4 heteroatoms. The van der Waals surface area contributed by atoms with Crippen molar-refractivity contribution >= 4 is 27.6 Å². The fourth-order valence-corrected chi connectivity index (χ4v) is 2.59. The molecule has 0 saturated heterocycles. The first-order valence-electron chi connectivity index (χ1n) is 7.07. The normalized spacial score (nSPS) is 10.4. The van der Waals surface area contributed by atoms with E-state index in [0.29, 0.717) is 11.3 Å². The summed E-state index contributed by atoms with van der Waals surface area (Å²) in [6, 6.07) is 20.8. The average molecular weight is 340 g/mol. The second-order valence-electron chi connectivity index (χ2n) is 5.10. The summed E-state index contributed by atoms with van der Waals surface area (Å²) >= 11 is 0. The van der Waals surface area contributed by atoms with E-state index >= 15 is 0 Å². The zero-order valence-electron chi connectivity index (χ0n) is 12.1. The molecule has 0 radical (unpaired) electrons. The van der Waals surface area contributed by atoms with Gasteiger partial charge in [-0.1, -0.05) is 54.6 Å². The molecular formula is C19H12FeN2O. The van der Waals surface area contributed by atoms with Gasteiger partial charge < -0.3 is 0 Å². The second-order valence-corrected chi connectivity index (χ2v) is 5.10. The van der Waals surface area contributed by atoms with Crippen LogP contribution in [0.4, 0.5) is 0 Å². The fourth-order valence-electron chi connectivity index (χ4n) is 2.59. The van der Waals surface area contributed by atoms with Crippen LogP contribution in [0.25, 0.3) is 21.8 Å². The Kier molecular flexibility index (Phi) is 4.20. The van der Waals surface area contributed by atoms with E-state index in [1.54, 1.807) is 24.4 Å². The number of carbonyl (C=O) groups is 1. The van der Waals surface area contributed by atoms with Crippen molar-refractivity contribution in [3.05, 3.63) is 84.2 Å². The van der Waals surface area contributed by atoms with Gasteiger partial charge in [0.1, 0.15) is 5.69 Å². The third-order valence-corrected chi connectivity index (χ3v) is 3.70. The molecule has 0 atom stereocenters. The van der Waals surface area contributed by atoms with E-state index in [9.17, 15) is 4.79 Å². The summed E-state index contributed by atoms with van der Waals surface area (Å²) in [5.74, 6) is -0.0737. The maximum atomic E-state index is 12.5. The van der Waals surface area contributed by atoms with Gasteiger partial charge in [-0.15, -0.1) is 0 Å². The van der Waals surface area contributed by atoms with Crippen molar-refractivity contribution in [2.45, 2.75) is 0 Å². The van der Waals surface area contributed by atoms with Crippen molar-refractivity contribution < 1.29 is 21.9 Å². The average Bonchev–Trinajstić information content (AvgIpc) is 2.61. The van der Waals surface area contributed by atoms with Crippen LogP contribution in [0, 0.1) is 0 Å². The molecule has 2 heterocycles. The quantitative estimate of drug-likeness (QED) is 0.315. The van der Waals surface area contributed by atoms with Crippen LogP contribution in [0.3, 0.4) is 0 Å². The van der Waals surface area contributed by atoms with E-state index in [1.807, 2.05) is 48.5 Å². The van der Waals surface area contributed by atoms with Crippen LogP contribution in [0.2, 0.25) is 0 Å². The van der Waals surface area contributed by atoms with E-state index in [-0.39, 0.29) is 22.9 Å².